The predicted molar refractivity (Wildman–Crippen MR) is 72.3 cm³/mol. The standard InChI is InChI=1S/C14H14N4/c1-9-5-6-16-8-11(9)12-13(15)18-7-3-4-10(2)14(18)17-12/h3-8H,15H2,1-2H3. The van der Waals surface area contributed by atoms with Gasteiger partial charge in [-0.3, -0.25) is 9.38 Å². The maximum absolute atomic E-state index is 6.18. The number of anilines is 1. The third-order valence-corrected chi connectivity index (χ3v) is 3.18. The van der Waals surface area contributed by atoms with Crippen LogP contribution in [0.15, 0.2) is 36.8 Å². The second-order valence-electron chi connectivity index (χ2n) is 4.42. The molecule has 0 aliphatic heterocycles. The summed E-state index contributed by atoms with van der Waals surface area (Å²) in [5.41, 5.74) is 11.1. The molecule has 0 aliphatic rings. The molecule has 3 heterocycles. The van der Waals surface area contributed by atoms with Crippen LogP contribution in [0.1, 0.15) is 11.1 Å². The Morgan fingerprint density at radius 1 is 1.17 bits per heavy atom. The lowest BCUT2D eigenvalue weighted by Gasteiger charge is -2.02. The molecule has 0 spiro atoms. The highest BCUT2D eigenvalue weighted by Crippen LogP contribution is 2.28. The summed E-state index contributed by atoms with van der Waals surface area (Å²) in [6.07, 6.45) is 5.51. The van der Waals surface area contributed by atoms with Crippen LogP contribution in [0.4, 0.5) is 5.82 Å². The van der Waals surface area contributed by atoms with Gasteiger partial charge >= 0.3 is 0 Å². The number of imidazole rings is 1. The first-order valence-electron chi connectivity index (χ1n) is 5.82. The maximum Gasteiger partial charge on any atom is 0.142 e. The zero-order chi connectivity index (χ0) is 12.7. The molecule has 2 N–H and O–H groups in total. The number of hydrogen-bond acceptors (Lipinski definition) is 3. The minimum absolute atomic E-state index is 0.657. The van der Waals surface area contributed by atoms with Crippen molar-refractivity contribution in [2.24, 2.45) is 0 Å². The van der Waals surface area contributed by atoms with E-state index < -0.39 is 0 Å². The number of pyridine rings is 2. The van der Waals surface area contributed by atoms with E-state index in [1.807, 2.05) is 48.8 Å². The largest absolute Gasteiger partial charge is 0.383 e. The van der Waals surface area contributed by atoms with Gasteiger partial charge in [0.2, 0.25) is 0 Å². The van der Waals surface area contributed by atoms with Gasteiger partial charge in [-0.25, -0.2) is 4.98 Å². The third-order valence-electron chi connectivity index (χ3n) is 3.18. The highest BCUT2D eigenvalue weighted by Gasteiger charge is 2.13. The highest BCUT2D eigenvalue weighted by atomic mass is 15.1. The molecule has 18 heavy (non-hydrogen) atoms. The number of nitrogens with two attached hydrogens (primary N) is 1. The second kappa shape index (κ2) is 3.84. The Morgan fingerprint density at radius 3 is 2.72 bits per heavy atom. The lowest BCUT2D eigenvalue weighted by molar-refractivity contribution is 1.17. The van der Waals surface area contributed by atoms with E-state index in [-0.39, 0.29) is 0 Å². The fourth-order valence-electron chi connectivity index (χ4n) is 2.13. The van der Waals surface area contributed by atoms with Crippen LogP contribution in [-0.4, -0.2) is 14.4 Å². The molecule has 0 bridgehead atoms. The van der Waals surface area contributed by atoms with Gasteiger partial charge in [0.25, 0.3) is 0 Å². The monoisotopic (exact) mass is 238 g/mol. The van der Waals surface area contributed by atoms with E-state index in [4.69, 9.17) is 5.73 Å². The fourth-order valence-corrected chi connectivity index (χ4v) is 2.13. The van der Waals surface area contributed by atoms with Crippen molar-refractivity contribution in [1.29, 1.82) is 0 Å². The van der Waals surface area contributed by atoms with E-state index in [0.29, 0.717) is 5.82 Å². The summed E-state index contributed by atoms with van der Waals surface area (Å²) in [5, 5.41) is 0. The molecule has 0 saturated heterocycles. The molecular weight excluding hydrogens is 224 g/mol. The molecule has 0 amide bonds. The summed E-state index contributed by atoms with van der Waals surface area (Å²) in [6.45, 7) is 4.06. The van der Waals surface area contributed by atoms with Gasteiger partial charge in [-0.2, -0.15) is 0 Å². The van der Waals surface area contributed by atoms with Gasteiger partial charge in [0.15, 0.2) is 0 Å². The van der Waals surface area contributed by atoms with Gasteiger partial charge in [0.05, 0.1) is 0 Å². The van der Waals surface area contributed by atoms with Gasteiger partial charge in [0.1, 0.15) is 17.2 Å². The molecule has 0 saturated carbocycles. The van der Waals surface area contributed by atoms with Crippen molar-refractivity contribution in [3.8, 4) is 11.3 Å². The van der Waals surface area contributed by atoms with Crippen LogP contribution in [0.5, 0.6) is 0 Å². The Bertz CT molecular complexity index is 728. The molecule has 3 rings (SSSR count). The molecule has 4 heteroatoms. The lowest BCUT2D eigenvalue weighted by Crippen LogP contribution is -1.95. The normalized spacial score (nSPS) is 11.0. The summed E-state index contributed by atoms with van der Waals surface area (Å²) in [5.74, 6) is 0.657. The van der Waals surface area contributed by atoms with Crippen molar-refractivity contribution in [3.05, 3.63) is 47.9 Å². The number of hydrogen-bond donors (Lipinski definition) is 1. The molecule has 0 atom stereocenters. The highest BCUT2D eigenvalue weighted by molar-refractivity contribution is 5.77. The van der Waals surface area contributed by atoms with Crippen LogP contribution >= 0.6 is 0 Å². The van der Waals surface area contributed by atoms with E-state index in [2.05, 4.69) is 9.97 Å². The van der Waals surface area contributed by atoms with Crippen molar-refractivity contribution >= 4 is 11.5 Å². The van der Waals surface area contributed by atoms with Crippen LogP contribution < -0.4 is 5.73 Å². The first kappa shape index (κ1) is 10.8. The zero-order valence-electron chi connectivity index (χ0n) is 10.4. The molecular formula is C14H14N4. The van der Waals surface area contributed by atoms with Gasteiger partial charge in [-0.1, -0.05) is 6.07 Å². The van der Waals surface area contributed by atoms with Crippen LogP contribution in [0.3, 0.4) is 0 Å². The second-order valence-corrected chi connectivity index (χ2v) is 4.42. The molecule has 0 unspecified atom stereocenters. The Hall–Kier alpha value is -2.36. The topological polar surface area (TPSA) is 56.2 Å². The molecule has 0 radical (unpaired) electrons. The van der Waals surface area contributed by atoms with E-state index in [0.717, 1.165) is 28.0 Å². The molecule has 3 aromatic heterocycles. The number of nitrogen functional groups attached to an aromatic ring is 1. The van der Waals surface area contributed by atoms with E-state index >= 15 is 0 Å². The third kappa shape index (κ3) is 1.46. The number of nitrogens with zero attached hydrogens (tertiary/aromatic N) is 3. The van der Waals surface area contributed by atoms with Crippen molar-refractivity contribution < 1.29 is 0 Å². The number of fused-ring (bicyclic) bond motifs is 1. The summed E-state index contributed by atoms with van der Waals surface area (Å²) >= 11 is 0. The Labute approximate surface area is 105 Å². The molecule has 90 valence electrons. The van der Waals surface area contributed by atoms with Crippen LogP contribution in [0.2, 0.25) is 0 Å². The minimum atomic E-state index is 0.657. The molecule has 0 aromatic carbocycles. The number of aryl methyl sites for hydroxylation is 2. The smallest absolute Gasteiger partial charge is 0.142 e. The summed E-state index contributed by atoms with van der Waals surface area (Å²) in [4.78, 5) is 8.79. The van der Waals surface area contributed by atoms with Crippen LogP contribution in [0, 0.1) is 13.8 Å². The SMILES string of the molecule is Cc1ccncc1-c1nc2c(C)cccn2c1N. The van der Waals surface area contributed by atoms with Crippen molar-refractivity contribution in [1.82, 2.24) is 14.4 Å². The van der Waals surface area contributed by atoms with Gasteiger partial charge in [0, 0.05) is 24.2 Å². The average molecular weight is 238 g/mol. The summed E-state index contributed by atoms with van der Waals surface area (Å²) < 4.78 is 1.91. The zero-order valence-corrected chi connectivity index (χ0v) is 10.4. The van der Waals surface area contributed by atoms with E-state index in [1.54, 1.807) is 6.20 Å². The first-order valence-corrected chi connectivity index (χ1v) is 5.82. The predicted octanol–water partition coefficient (Wildman–Crippen LogP) is 2.60. The quantitative estimate of drug-likeness (QED) is 0.709. The van der Waals surface area contributed by atoms with E-state index in [1.165, 1.54) is 0 Å². The van der Waals surface area contributed by atoms with Gasteiger partial charge < -0.3 is 5.73 Å². The number of rotatable bonds is 1. The minimum Gasteiger partial charge on any atom is -0.383 e. The van der Waals surface area contributed by atoms with Gasteiger partial charge in [-0.15, -0.1) is 0 Å². The maximum atomic E-state index is 6.18. The lowest BCUT2D eigenvalue weighted by atomic mass is 10.1. The summed E-state index contributed by atoms with van der Waals surface area (Å²) in [6, 6.07) is 5.97. The average Bonchev–Trinajstić information content (AvgIpc) is 2.70. The van der Waals surface area contributed by atoms with Crippen LogP contribution in [-0.2, 0) is 0 Å². The Balaban J connectivity index is 2.35. The Morgan fingerprint density at radius 2 is 2.00 bits per heavy atom. The molecule has 4 nitrogen and oxygen atoms in total. The van der Waals surface area contributed by atoms with Gasteiger partial charge in [-0.05, 0) is 37.1 Å². The van der Waals surface area contributed by atoms with E-state index in [9.17, 15) is 0 Å². The van der Waals surface area contributed by atoms with Crippen molar-refractivity contribution in [2.45, 2.75) is 13.8 Å². The molecule has 0 fully saturated rings. The molecule has 0 aliphatic carbocycles. The fraction of sp³-hybridized carbons (Fsp3) is 0.143. The Kier molecular flexibility index (Phi) is 2.30. The van der Waals surface area contributed by atoms with Crippen molar-refractivity contribution in [2.75, 3.05) is 5.73 Å². The van der Waals surface area contributed by atoms with Crippen molar-refractivity contribution in [3.63, 3.8) is 0 Å². The van der Waals surface area contributed by atoms with Crippen LogP contribution in [0.25, 0.3) is 16.9 Å². The number of aromatic nitrogens is 3. The molecule has 3 aromatic rings. The first-order chi connectivity index (χ1) is 8.68. The summed E-state index contributed by atoms with van der Waals surface area (Å²) in [7, 11) is 0.